The Morgan fingerprint density at radius 3 is 2.94 bits per heavy atom. The fourth-order valence-corrected chi connectivity index (χ4v) is 4.72. The van der Waals surface area contributed by atoms with Gasteiger partial charge in [-0.15, -0.1) is 6.58 Å². The van der Waals surface area contributed by atoms with Crippen molar-refractivity contribution in [1.82, 2.24) is 0 Å². The lowest BCUT2D eigenvalue weighted by Gasteiger charge is -2.39. The Balaban J connectivity index is 1.93. The summed E-state index contributed by atoms with van der Waals surface area (Å²) in [5, 5.41) is 0. The van der Waals surface area contributed by atoms with Gasteiger partial charge in [0.25, 0.3) is 0 Å². The molecule has 2 fully saturated rings. The van der Waals surface area contributed by atoms with Gasteiger partial charge in [-0.05, 0) is 49.4 Å². The molecule has 2 bridgehead atoms. The van der Waals surface area contributed by atoms with Gasteiger partial charge in [-0.25, -0.2) is 0 Å². The number of carbonyl (C=O) groups is 1. The summed E-state index contributed by atoms with van der Waals surface area (Å²) in [6.45, 7) is 6.03. The van der Waals surface area contributed by atoms with Crippen molar-refractivity contribution in [3.8, 4) is 0 Å². The van der Waals surface area contributed by atoms with Crippen LogP contribution in [0.2, 0.25) is 0 Å². The summed E-state index contributed by atoms with van der Waals surface area (Å²) in [6, 6.07) is 0. The van der Waals surface area contributed by atoms with Crippen molar-refractivity contribution in [3.63, 3.8) is 0 Å². The average Bonchev–Trinajstić information content (AvgIpc) is 2.96. The summed E-state index contributed by atoms with van der Waals surface area (Å²) in [5.74, 6) is 2.87. The van der Waals surface area contributed by atoms with Crippen molar-refractivity contribution < 1.29 is 9.53 Å². The minimum absolute atomic E-state index is 0.0156. The molecule has 2 heteroatoms. The Hall–Kier alpha value is -1.05. The molecule has 2 nitrogen and oxygen atoms in total. The molecule has 0 aliphatic heterocycles. The first-order valence-electron chi connectivity index (χ1n) is 6.51. The molecule has 6 atom stereocenters. The topological polar surface area (TPSA) is 26.3 Å². The van der Waals surface area contributed by atoms with Crippen LogP contribution in [0.3, 0.4) is 0 Å². The van der Waals surface area contributed by atoms with Crippen molar-refractivity contribution in [3.05, 3.63) is 24.8 Å². The number of hydrogen-bond acceptors (Lipinski definition) is 2. The lowest BCUT2D eigenvalue weighted by atomic mass is 9.64. The Morgan fingerprint density at radius 1 is 1.53 bits per heavy atom. The maximum atomic E-state index is 12.0. The van der Waals surface area contributed by atoms with Crippen LogP contribution in [0.25, 0.3) is 0 Å². The van der Waals surface area contributed by atoms with E-state index in [-0.39, 0.29) is 11.4 Å². The number of fused-ring (bicyclic) bond motifs is 5. The molecular weight excluding hydrogens is 212 g/mol. The van der Waals surface area contributed by atoms with Crippen molar-refractivity contribution >= 4 is 5.97 Å². The van der Waals surface area contributed by atoms with Gasteiger partial charge >= 0.3 is 5.97 Å². The highest BCUT2D eigenvalue weighted by Crippen LogP contribution is 2.65. The molecule has 0 saturated heterocycles. The molecule has 0 amide bonds. The van der Waals surface area contributed by atoms with Gasteiger partial charge in [-0.3, -0.25) is 4.79 Å². The van der Waals surface area contributed by atoms with Gasteiger partial charge < -0.3 is 4.74 Å². The van der Waals surface area contributed by atoms with Gasteiger partial charge in [0.1, 0.15) is 0 Å². The molecule has 0 aromatic heterocycles. The molecule has 0 radical (unpaired) electrons. The van der Waals surface area contributed by atoms with Crippen LogP contribution in [0.1, 0.15) is 19.8 Å². The van der Waals surface area contributed by atoms with Crippen molar-refractivity contribution in [2.75, 3.05) is 7.11 Å². The number of hydrogen-bond donors (Lipinski definition) is 0. The average molecular weight is 232 g/mol. The highest BCUT2D eigenvalue weighted by atomic mass is 16.5. The van der Waals surface area contributed by atoms with Crippen LogP contribution in [-0.2, 0) is 9.53 Å². The van der Waals surface area contributed by atoms with Crippen LogP contribution in [0.4, 0.5) is 0 Å². The zero-order valence-electron chi connectivity index (χ0n) is 10.6. The second-order valence-electron chi connectivity index (χ2n) is 6.07. The molecule has 0 aromatic rings. The van der Waals surface area contributed by atoms with E-state index >= 15 is 0 Å². The molecule has 0 N–H and O–H groups in total. The summed E-state index contributed by atoms with van der Waals surface area (Å²) >= 11 is 0. The fraction of sp³-hybridized carbons (Fsp3) is 0.667. The van der Waals surface area contributed by atoms with Crippen LogP contribution in [0.5, 0.6) is 0 Å². The first-order valence-corrected chi connectivity index (χ1v) is 6.51. The zero-order valence-corrected chi connectivity index (χ0v) is 10.6. The maximum Gasteiger partial charge on any atom is 0.311 e. The second-order valence-corrected chi connectivity index (χ2v) is 6.07. The van der Waals surface area contributed by atoms with Gasteiger partial charge in [0.2, 0.25) is 0 Å². The number of allylic oxidation sites excluding steroid dienone is 3. The smallest absolute Gasteiger partial charge is 0.311 e. The largest absolute Gasteiger partial charge is 0.469 e. The van der Waals surface area contributed by atoms with Crippen LogP contribution in [-0.4, -0.2) is 13.1 Å². The molecule has 3 aliphatic carbocycles. The summed E-state index contributed by atoms with van der Waals surface area (Å²) in [6.07, 6.45) is 8.87. The van der Waals surface area contributed by atoms with Crippen LogP contribution in [0.15, 0.2) is 24.8 Å². The summed E-state index contributed by atoms with van der Waals surface area (Å²) in [4.78, 5) is 12.0. The third-order valence-corrected chi connectivity index (χ3v) is 5.44. The standard InChI is InChI=1S/C15H20O2/c1-4-9-5-6-11-10-7-12(13(9)11)15(2,8-10)14(16)17-3/h4-6,9-13H,1,7-8H2,2-3H3/t9-,10+,11-,12+,13-,15-/m1/s1. The predicted molar refractivity (Wildman–Crippen MR) is 66.1 cm³/mol. The Morgan fingerprint density at radius 2 is 2.29 bits per heavy atom. The summed E-state index contributed by atoms with van der Waals surface area (Å²) in [5.41, 5.74) is -0.256. The molecule has 3 aliphatic rings. The van der Waals surface area contributed by atoms with E-state index in [0.717, 1.165) is 6.42 Å². The van der Waals surface area contributed by atoms with Crippen molar-refractivity contribution in [2.45, 2.75) is 19.8 Å². The van der Waals surface area contributed by atoms with Crippen LogP contribution < -0.4 is 0 Å². The third kappa shape index (κ3) is 1.24. The molecule has 0 aromatic carbocycles. The van der Waals surface area contributed by atoms with Crippen LogP contribution >= 0.6 is 0 Å². The van der Waals surface area contributed by atoms with E-state index in [9.17, 15) is 4.79 Å². The van der Waals surface area contributed by atoms with E-state index in [1.54, 1.807) is 0 Å². The van der Waals surface area contributed by atoms with Gasteiger partial charge in [-0.1, -0.05) is 18.2 Å². The van der Waals surface area contributed by atoms with E-state index < -0.39 is 0 Å². The van der Waals surface area contributed by atoms with Crippen molar-refractivity contribution in [2.24, 2.45) is 35.0 Å². The van der Waals surface area contributed by atoms with Gasteiger partial charge in [0.05, 0.1) is 12.5 Å². The Kier molecular flexibility index (Phi) is 2.26. The normalized spacial score (nSPS) is 50.4. The summed E-state index contributed by atoms with van der Waals surface area (Å²) in [7, 11) is 1.51. The first kappa shape index (κ1) is 11.1. The van der Waals surface area contributed by atoms with E-state index in [2.05, 4.69) is 25.7 Å². The monoisotopic (exact) mass is 232 g/mol. The zero-order chi connectivity index (χ0) is 12.2. The number of carbonyl (C=O) groups excluding carboxylic acids is 1. The molecule has 92 valence electrons. The quantitative estimate of drug-likeness (QED) is 0.540. The minimum atomic E-state index is -0.256. The SMILES string of the molecule is C=C[C@@H]1C=C[C@@H]2[C@H]3C[C@@H]([C@H]12)[C@](C)(C(=O)OC)C3. The van der Waals surface area contributed by atoms with E-state index in [1.165, 1.54) is 13.5 Å². The number of methoxy groups -OCH3 is 1. The molecule has 2 saturated carbocycles. The second kappa shape index (κ2) is 3.47. The number of esters is 1. The molecule has 0 unspecified atom stereocenters. The lowest BCUT2D eigenvalue weighted by molar-refractivity contribution is -0.157. The van der Waals surface area contributed by atoms with Gasteiger partial charge in [0.15, 0.2) is 0 Å². The number of rotatable bonds is 2. The maximum absolute atomic E-state index is 12.0. The highest BCUT2D eigenvalue weighted by Gasteiger charge is 2.62. The lowest BCUT2D eigenvalue weighted by Crippen LogP contribution is -2.41. The van der Waals surface area contributed by atoms with E-state index in [4.69, 9.17) is 4.74 Å². The van der Waals surface area contributed by atoms with Crippen molar-refractivity contribution in [1.29, 1.82) is 0 Å². The molecule has 0 spiro atoms. The van der Waals surface area contributed by atoms with E-state index in [1.807, 2.05) is 6.08 Å². The molecule has 3 rings (SSSR count). The Bertz CT molecular complexity index is 398. The van der Waals surface area contributed by atoms with E-state index in [0.29, 0.717) is 29.6 Å². The molecule has 17 heavy (non-hydrogen) atoms. The molecular formula is C15H20O2. The fourth-order valence-electron chi connectivity index (χ4n) is 4.72. The highest BCUT2D eigenvalue weighted by molar-refractivity contribution is 5.77. The number of ether oxygens (including phenoxy) is 1. The Labute approximate surface area is 103 Å². The first-order chi connectivity index (χ1) is 8.11. The minimum Gasteiger partial charge on any atom is -0.469 e. The van der Waals surface area contributed by atoms with Gasteiger partial charge in [-0.2, -0.15) is 0 Å². The summed E-state index contributed by atoms with van der Waals surface area (Å²) < 4.78 is 5.02. The third-order valence-electron chi connectivity index (χ3n) is 5.44. The van der Waals surface area contributed by atoms with Gasteiger partial charge in [0, 0.05) is 0 Å². The molecule has 0 heterocycles. The predicted octanol–water partition coefficient (Wildman–Crippen LogP) is 2.81. The van der Waals surface area contributed by atoms with Crippen LogP contribution in [0, 0.1) is 35.0 Å².